The van der Waals surface area contributed by atoms with Gasteiger partial charge in [-0.3, -0.25) is 4.79 Å². The third-order valence-electron chi connectivity index (χ3n) is 2.96. The lowest BCUT2D eigenvalue weighted by molar-refractivity contribution is -0.142. The Labute approximate surface area is 124 Å². The number of nitrogens with one attached hydrogen (secondary N) is 1. The summed E-state index contributed by atoms with van der Waals surface area (Å²) in [5.74, 6) is -0.919. The second-order valence-corrected chi connectivity index (χ2v) is 4.49. The number of benzene rings is 1. The van der Waals surface area contributed by atoms with Crippen molar-refractivity contribution >= 4 is 11.9 Å². The number of aryl methyl sites for hydroxylation is 1. The van der Waals surface area contributed by atoms with Gasteiger partial charge in [0.05, 0.1) is 0 Å². The van der Waals surface area contributed by atoms with Crippen LogP contribution in [0.25, 0.3) is 0 Å². The Morgan fingerprint density at radius 2 is 2.05 bits per heavy atom. The van der Waals surface area contributed by atoms with E-state index in [4.69, 9.17) is 14.6 Å². The van der Waals surface area contributed by atoms with Crippen molar-refractivity contribution in [2.45, 2.75) is 25.8 Å². The predicted molar refractivity (Wildman–Crippen MR) is 77.4 cm³/mol. The molecule has 2 N–H and O–H groups in total. The number of hydrogen-bond donors (Lipinski definition) is 2. The summed E-state index contributed by atoms with van der Waals surface area (Å²) in [5.41, 5.74) is 1.000. The fraction of sp³-hybridized carbons (Fsp3) is 0.467. The lowest BCUT2D eigenvalue weighted by Crippen LogP contribution is -2.43. The molecule has 0 aromatic heterocycles. The van der Waals surface area contributed by atoms with Crippen molar-refractivity contribution in [3.05, 3.63) is 29.8 Å². The maximum absolute atomic E-state index is 11.8. The van der Waals surface area contributed by atoms with E-state index >= 15 is 0 Å². The second kappa shape index (κ2) is 8.97. The van der Waals surface area contributed by atoms with Crippen molar-refractivity contribution in [2.24, 2.45) is 0 Å². The monoisotopic (exact) mass is 295 g/mol. The Balaban J connectivity index is 2.50. The van der Waals surface area contributed by atoms with Gasteiger partial charge in [0.25, 0.3) is 5.91 Å². The first-order chi connectivity index (χ1) is 10.1. The van der Waals surface area contributed by atoms with E-state index in [1.54, 1.807) is 6.07 Å². The van der Waals surface area contributed by atoms with Gasteiger partial charge in [0.2, 0.25) is 0 Å². The minimum Gasteiger partial charge on any atom is -0.483 e. The summed E-state index contributed by atoms with van der Waals surface area (Å²) in [6, 6.07) is 6.46. The van der Waals surface area contributed by atoms with Crippen LogP contribution in [0.2, 0.25) is 0 Å². The van der Waals surface area contributed by atoms with Gasteiger partial charge in [0.15, 0.2) is 6.61 Å². The average Bonchev–Trinajstić information content (AvgIpc) is 2.49. The zero-order valence-electron chi connectivity index (χ0n) is 12.3. The Bertz CT molecular complexity index is 475. The maximum Gasteiger partial charge on any atom is 0.326 e. The predicted octanol–water partition coefficient (Wildman–Crippen LogP) is 1.23. The van der Waals surface area contributed by atoms with Gasteiger partial charge in [-0.15, -0.1) is 0 Å². The topological polar surface area (TPSA) is 84.9 Å². The third kappa shape index (κ3) is 5.83. The first-order valence-corrected chi connectivity index (χ1v) is 6.80. The number of rotatable bonds is 9. The summed E-state index contributed by atoms with van der Waals surface area (Å²) in [6.07, 6.45) is 1.01. The van der Waals surface area contributed by atoms with Crippen LogP contribution in [0.1, 0.15) is 18.9 Å². The van der Waals surface area contributed by atoms with E-state index in [1.165, 1.54) is 7.11 Å². The maximum atomic E-state index is 11.8. The van der Waals surface area contributed by atoms with Gasteiger partial charge < -0.3 is 19.9 Å². The SMILES string of the molecule is CCc1ccccc1OCC(=O)NC(CCOC)C(=O)O. The number of aliphatic carboxylic acids is 1. The van der Waals surface area contributed by atoms with Crippen LogP contribution in [-0.2, 0) is 20.7 Å². The molecule has 0 radical (unpaired) electrons. The Kier molecular flexibility index (Phi) is 7.25. The van der Waals surface area contributed by atoms with Gasteiger partial charge in [0.1, 0.15) is 11.8 Å². The van der Waals surface area contributed by atoms with Crippen molar-refractivity contribution < 1.29 is 24.2 Å². The molecule has 0 aliphatic carbocycles. The van der Waals surface area contributed by atoms with Crippen LogP contribution in [0, 0.1) is 0 Å². The van der Waals surface area contributed by atoms with Crippen LogP contribution in [0.15, 0.2) is 24.3 Å². The summed E-state index contributed by atoms with van der Waals surface area (Å²) in [5, 5.41) is 11.4. The van der Waals surface area contributed by atoms with Crippen LogP contribution in [0.3, 0.4) is 0 Å². The number of methoxy groups -OCH3 is 1. The Morgan fingerprint density at radius 1 is 1.33 bits per heavy atom. The molecule has 0 aliphatic rings. The normalized spacial score (nSPS) is 11.7. The van der Waals surface area contributed by atoms with Crippen LogP contribution >= 0.6 is 0 Å². The molecular formula is C15H21NO5. The third-order valence-corrected chi connectivity index (χ3v) is 2.96. The van der Waals surface area contributed by atoms with Gasteiger partial charge in [-0.1, -0.05) is 25.1 Å². The highest BCUT2D eigenvalue weighted by molar-refractivity contribution is 5.84. The van der Waals surface area contributed by atoms with Gasteiger partial charge in [0, 0.05) is 20.1 Å². The number of carbonyl (C=O) groups is 2. The van der Waals surface area contributed by atoms with Gasteiger partial charge in [-0.2, -0.15) is 0 Å². The smallest absolute Gasteiger partial charge is 0.326 e. The fourth-order valence-electron chi connectivity index (χ4n) is 1.81. The van der Waals surface area contributed by atoms with Crippen molar-refractivity contribution in [3.63, 3.8) is 0 Å². The van der Waals surface area contributed by atoms with Crippen LogP contribution in [0.5, 0.6) is 5.75 Å². The minimum absolute atomic E-state index is 0.211. The highest BCUT2D eigenvalue weighted by Crippen LogP contribution is 2.17. The molecule has 0 aliphatic heterocycles. The second-order valence-electron chi connectivity index (χ2n) is 4.49. The van der Waals surface area contributed by atoms with E-state index in [0.29, 0.717) is 5.75 Å². The van der Waals surface area contributed by atoms with Crippen LogP contribution in [0.4, 0.5) is 0 Å². The lowest BCUT2D eigenvalue weighted by atomic mass is 10.1. The summed E-state index contributed by atoms with van der Waals surface area (Å²) in [7, 11) is 1.48. The highest BCUT2D eigenvalue weighted by atomic mass is 16.5. The zero-order valence-corrected chi connectivity index (χ0v) is 12.3. The van der Waals surface area contributed by atoms with Crippen molar-refractivity contribution in [1.29, 1.82) is 0 Å². The quantitative estimate of drug-likeness (QED) is 0.716. The molecular weight excluding hydrogens is 274 g/mol. The summed E-state index contributed by atoms with van der Waals surface area (Å²) in [6.45, 7) is 2.04. The van der Waals surface area contributed by atoms with E-state index in [-0.39, 0.29) is 19.6 Å². The molecule has 1 amide bonds. The Morgan fingerprint density at radius 3 is 2.67 bits per heavy atom. The molecule has 0 saturated heterocycles. The molecule has 1 unspecified atom stereocenters. The number of ether oxygens (including phenoxy) is 2. The molecule has 0 saturated carbocycles. The summed E-state index contributed by atoms with van der Waals surface area (Å²) >= 11 is 0. The minimum atomic E-state index is -1.09. The molecule has 6 heteroatoms. The van der Waals surface area contributed by atoms with E-state index < -0.39 is 17.9 Å². The van der Waals surface area contributed by atoms with Crippen LogP contribution < -0.4 is 10.1 Å². The number of carboxylic acid groups (broad SMARTS) is 1. The van der Waals surface area contributed by atoms with Gasteiger partial charge in [-0.25, -0.2) is 4.79 Å². The summed E-state index contributed by atoms with van der Waals surface area (Å²) in [4.78, 5) is 22.8. The summed E-state index contributed by atoms with van der Waals surface area (Å²) < 4.78 is 10.3. The molecule has 6 nitrogen and oxygen atoms in total. The van der Waals surface area contributed by atoms with E-state index in [9.17, 15) is 9.59 Å². The highest BCUT2D eigenvalue weighted by Gasteiger charge is 2.19. The van der Waals surface area contributed by atoms with Crippen LogP contribution in [-0.4, -0.2) is 43.3 Å². The lowest BCUT2D eigenvalue weighted by Gasteiger charge is -2.15. The molecule has 0 fully saturated rings. The standard InChI is InChI=1S/C15H21NO5/c1-3-11-6-4-5-7-13(11)21-10-14(17)16-12(15(18)19)8-9-20-2/h4-7,12H,3,8-10H2,1-2H3,(H,16,17)(H,18,19). The average molecular weight is 295 g/mol. The van der Waals surface area contributed by atoms with Crippen molar-refractivity contribution in [2.75, 3.05) is 20.3 Å². The molecule has 1 atom stereocenters. The number of amides is 1. The molecule has 0 bridgehead atoms. The van der Waals surface area contributed by atoms with Gasteiger partial charge in [-0.05, 0) is 18.1 Å². The number of carbonyl (C=O) groups excluding carboxylic acids is 1. The zero-order chi connectivity index (χ0) is 15.7. The van der Waals surface area contributed by atoms with Crippen molar-refractivity contribution in [3.8, 4) is 5.75 Å². The number of para-hydroxylation sites is 1. The first-order valence-electron chi connectivity index (χ1n) is 6.80. The molecule has 0 heterocycles. The number of carboxylic acids is 1. The molecule has 21 heavy (non-hydrogen) atoms. The van der Waals surface area contributed by atoms with Crippen molar-refractivity contribution in [1.82, 2.24) is 5.32 Å². The number of hydrogen-bond acceptors (Lipinski definition) is 4. The van der Waals surface area contributed by atoms with E-state index in [2.05, 4.69) is 5.32 Å². The fourth-order valence-corrected chi connectivity index (χ4v) is 1.81. The molecule has 1 aromatic rings. The largest absolute Gasteiger partial charge is 0.483 e. The molecule has 116 valence electrons. The Hall–Kier alpha value is -2.08. The first kappa shape index (κ1) is 17.0. The van der Waals surface area contributed by atoms with E-state index in [1.807, 2.05) is 25.1 Å². The molecule has 0 spiro atoms. The van der Waals surface area contributed by atoms with Gasteiger partial charge >= 0.3 is 5.97 Å². The molecule has 1 rings (SSSR count). The molecule has 1 aromatic carbocycles. The van der Waals surface area contributed by atoms with E-state index in [0.717, 1.165) is 12.0 Å².